The van der Waals surface area contributed by atoms with E-state index in [2.05, 4.69) is 15.1 Å². The lowest BCUT2D eigenvalue weighted by molar-refractivity contribution is 0.0922. The van der Waals surface area contributed by atoms with E-state index in [4.69, 9.17) is 4.42 Å². The highest BCUT2D eigenvalue weighted by atomic mass is 19.1. The van der Waals surface area contributed by atoms with E-state index in [1.807, 2.05) is 55.5 Å². The highest BCUT2D eigenvalue weighted by Crippen LogP contribution is 2.24. The summed E-state index contributed by atoms with van der Waals surface area (Å²) in [5.74, 6) is 0.546. The number of benzene rings is 2. The molecule has 2 heterocycles. The summed E-state index contributed by atoms with van der Waals surface area (Å²) in [6.07, 6.45) is 1.67. The Balaban J connectivity index is 1.41. The lowest BCUT2D eigenvalue weighted by atomic mass is 10.1. The van der Waals surface area contributed by atoms with Gasteiger partial charge in [-0.05, 0) is 55.0 Å². The summed E-state index contributed by atoms with van der Waals surface area (Å²) < 4.78 is 18.9. The topological polar surface area (TPSA) is 48.7 Å². The third-order valence-corrected chi connectivity index (χ3v) is 5.66. The van der Waals surface area contributed by atoms with Crippen molar-refractivity contribution in [1.29, 1.82) is 0 Å². The summed E-state index contributed by atoms with van der Waals surface area (Å²) in [4.78, 5) is 17.3. The van der Waals surface area contributed by atoms with Crippen molar-refractivity contribution in [3.63, 3.8) is 0 Å². The number of hydrogen-bond donors (Lipinski definition) is 1. The molecule has 2 aromatic carbocycles. The van der Waals surface area contributed by atoms with Crippen molar-refractivity contribution in [1.82, 2.24) is 10.2 Å². The van der Waals surface area contributed by atoms with E-state index in [1.165, 1.54) is 12.1 Å². The number of rotatable bonds is 6. The second-order valence-corrected chi connectivity index (χ2v) is 7.56. The number of nitrogens with one attached hydrogen (secondary N) is 1. The molecule has 30 heavy (non-hydrogen) atoms. The molecular weight excluding hydrogens is 381 g/mol. The number of piperazine rings is 1. The molecule has 1 saturated heterocycles. The molecule has 1 aliphatic rings. The van der Waals surface area contributed by atoms with Crippen LogP contribution >= 0.6 is 0 Å². The van der Waals surface area contributed by atoms with Crippen LogP contribution in [-0.4, -0.2) is 43.5 Å². The Labute approximate surface area is 176 Å². The van der Waals surface area contributed by atoms with Crippen LogP contribution in [0.15, 0.2) is 71.3 Å². The van der Waals surface area contributed by atoms with Gasteiger partial charge >= 0.3 is 0 Å². The van der Waals surface area contributed by atoms with Crippen LogP contribution in [0.4, 0.5) is 10.1 Å². The largest absolute Gasteiger partial charge is 0.468 e. The molecule has 0 aliphatic carbocycles. The Kier molecular flexibility index (Phi) is 6.14. The van der Waals surface area contributed by atoms with E-state index in [0.29, 0.717) is 12.1 Å². The minimum atomic E-state index is -0.223. The zero-order valence-electron chi connectivity index (χ0n) is 17.1. The van der Waals surface area contributed by atoms with Gasteiger partial charge in [-0.25, -0.2) is 4.39 Å². The van der Waals surface area contributed by atoms with Crippen LogP contribution in [0.2, 0.25) is 0 Å². The monoisotopic (exact) mass is 407 g/mol. The molecule has 0 spiro atoms. The average molecular weight is 407 g/mol. The molecule has 0 radical (unpaired) electrons. The Hall–Kier alpha value is -3.12. The zero-order chi connectivity index (χ0) is 20.9. The van der Waals surface area contributed by atoms with Crippen molar-refractivity contribution < 1.29 is 13.6 Å². The summed E-state index contributed by atoms with van der Waals surface area (Å²) in [5, 5.41) is 3.08. The van der Waals surface area contributed by atoms with Gasteiger partial charge in [-0.3, -0.25) is 9.69 Å². The molecule has 1 unspecified atom stereocenters. The number of nitrogens with zero attached hydrogens (tertiary/aromatic N) is 2. The highest BCUT2D eigenvalue weighted by molar-refractivity contribution is 5.95. The van der Waals surface area contributed by atoms with Crippen LogP contribution in [0, 0.1) is 12.7 Å². The van der Waals surface area contributed by atoms with Crippen molar-refractivity contribution in [2.75, 3.05) is 37.6 Å². The Bertz CT molecular complexity index is 964. The molecule has 6 heteroatoms. The molecule has 0 saturated carbocycles. The van der Waals surface area contributed by atoms with Gasteiger partial charge in [0.1, 0.15) is 11.6 Å². The van der Waals surface area contributed by atoms with Crippen LogP contribution in [0.5, 0.6) is 0 Å². The number of aryl methyl sites for hydroxylation is 1. The molecule has 3 aromatic rings. The quantitative estimate of drug-likeness (QED) is 0.671. The Morgan fingerprint density at radius 2 is 1.77 bits per heavy atom. The lowest BCUT2D eigenvalue weighted by Gasteiger charge is -2.39. The number of amides is 1. The first-order valence-electron chi connectivity index (χ1n) is 10.2. The van der Waals surface area contributed by atoms with Crippen molar-refractivity contribution in [2.24, 2.45) is 0 Å². The first-order valence-corrected chi connectivity index (χ1v) is 10.2. The number of carbonyl (C=O) groups excluding carboxylic acids is 1. The van der Waals surface area contributed by atoms with Crippen molar-refractivity contribution in [2.45, 2.75) is 13.0 Å². The molecule has 0 bridgehead atoms. The van der Waals surface area contributed by atoms with E-state index < -0.39 is 0 Å². The number of furan rings is 1. The summed E-state index contributed by atoms with van der Waals surface area (Å²) in [7, 11) is 0. The van der Waals surface area contributed by atoms with Gasteiger partial charge in [-0.2, -0.15) is 0 Å². The number of hydrogen-bond acceptors (Lipinski definition) is 4. The molecule has 1 fully saturated rings. The minimum Gasteiger partial charge on any atom is -0.468 e. The normalized spacial score (nSPS) is 15.7. The van der Waals surface area contributed by atoms with Crippen LogP contribution in [0.1, 0.15) is 27.7 Å². The fourth-order valence-electron chi connectivity index (χ4n) is 3.95. The second-order valence-electron chi connectivity index (χ2n) is 7.56. The van der Waals surface area contributed by atoms with Gasteiger partial charge in [0.2, 0.25) is 0 Å². The molecule has 156 valence electrons. The van der Waals surface area contributed by atoms with Crippen LogP contribution in [-0.2, 0) is 0 Å². The van der Waals surface area contributed by atoms with E-state index in [1.54, 1.807) is 6.26 Å². The van der Waals surface area contributed by atoms with Crippen LogP contribution in [0.25, 0.3) is 0 Å². The standard InChI is InChI=1S/C24H26FN3O2/c1-18-5-2-3-6-21(18)24(29)26-17-22(23-7-4-16-30-23)28-14-12-27(13-15-28)20-10-8-19(25)9-11-20/h2-11,16,22H,12-15,17H2,1H3,(H,26,29). The van der Waals surface area contributed by atoms with Gasteiger partial charge in [-0.1, -0.05) is 18.2 Å². The number of anilines is 1. The molecule has 5 nitrogen and oxygen atoms in total. The van der Waals surface area contributed by atoms with Gasteiger partial charge in [-0.15, -0.1) is 0 Å². The zero-order valence-corrected chi connectivity index (χ0v) is 17.1. The molecule has 1 aromatic heterocycles. The van der Waals surface area contributed by atoms with Gasteiger partial charge in [0.25, 0.3) is 5.91 Å². The third-order valence-electron chi connectivity index (χ3n) is 5.66. The maximum atomic E-state index is 13.2. The predicted molar refractivity (Wildman–Crippen MR) is 115 cm³/mol. The van der Waals surface area contributed by atoms with Crippen molar-refractivity contribution >= 4 is 11.6 Å². The predicted octanol–water partition coefficient (Wildman–Crippen LogP) is 4.02. The summed E-state index contributed by atoms with van der Waals surface area (Å²) in [5.41, 5.74) is 2.67. The van der Waals surface area contributed by atoms with E-state index >= 15 is 0 Å². The third kappa shape index (κ3) is 4.54. The van der Waals surface area contributed by atoms with E-state index in [0.717, 1.165) is 43.2 Å². The van der Waals surface area contributed by atoms with Crippen molar-refractivity contribution in [3.05, 3.63) is 89.6 Å². The lowest BCUT2D eigenvalue weighted by Crippen LogP contribution is -2.49. The Morgan fingerprint density at radius 3 is 2.43 bits per heavy atom. The first-order chi connectivity index (χ1) is 14.6. The number of carbonyl (C=O) groups is 1. The highest BCUT2D eigenvalue weighted by Gasteiger charge is 2.27. The molecule has 1 amide bonds. The fourth-order valence-corrected chi connectivity index (χ4v) is 3.95. The molecule has 1 aliphatic heterocycles. The van der Waals surface area contributed by atoms with Gasteiger partial charge in [0.05, 0.1) is 12.3 Å². The molecule has 4 rings (SSSR count). The maximum Gasteiger partial charge on any atom is 0.251 e. The first kappa shape index (κ1) is 20.2. The van der Waals surface area contributed by atoms with Gasteiger partial charge < -0.3 is 14.6 Å². The second kappa shape index (κ2) is 9.13. The van der Waals surface area contributed by atoms with Crippen molar-refractivity contribution in [3.8, 4) is 0 Å². The summed E-state index contributed by atoms with van der Waals surface area (Å²) in [6.45, 7) is 5.71. The summed E-state index contributed by atoms with van der Waals surface area (Å²) >= 11 is 0. The van der Waals surface area contributed by atoms with E-state index in [9.17, 15) is 9.18 Å². The smallest absolute Gasteiger partial charge is 0.251 e. The molecule has 1 atom stereocenters. The van der Waals surface area contributed by atoms with E-state index in [-0.39, 0.29) is 17.8 Å². The minimum absolute atomic E-state index is 0.0386. The van der Waals surface area contributed by atoms with Gasteiger partial charge in [0, 0.05) is 44.0 Å². The Morgan fingerprint density at radius 1 is 1.03 bits per heavy atom. The molecular formula is C24H26FN3O2. The maximum absolute atomic E-state index is 13.2. The van der Waals surface area contributed by atoms with Gasteiger partial charge in [0.15, 0.2) is 0 Å². The SMILES string of the molecule is Cc1ccccc1C(=O)NCC(c1ccco1)N1CCN(c2ccc(F)cc2)CC1. The van der Waals surface area contributed by atoms with Crippen LogP contribution < -0.4 is 10.2 Å². The fraction of sp³-hybridized carbons (Fsp3) is 0.292. The number of halogens is 1. The molecule has 1 N–H and O–H groups in total. The van der Waals surface area contributed by atoms with Crippen LogP contribution in [0.3, 0.4) is 0 Å². The summed E-state index contributed by atoms with van der Waals surface area (Å²) in [6, 6.07) is 18.0. The average Bonchev–Trinajstić information content (AvgIpc) is 3.30.